The van der Waals surface area contributed by atoms with Gasteiger partial charge in [-0.1, -0.05) is 12.1 Å². The number of carbonyl (C=O) groups excluding carboxylic acids is 1. The lowest BCUT2D eigenvalue weighted by molar-refractivity contribution is 0.0987. The fourth-order valence-corrected chi connectivity index (χ4v) is 1.49. The molecule has 0 aliphatic heterocycles. The van der Waals surface area contributed by atoms with Crippen molar-refractivity contribution in [3.8, 4) is 0 Å². The Bertz CT molecular complexity index is 581. The Labute approximate surface area is 101 Å². The SMILES string of the molecule is O=C(Cc1cccc(F)c1F)c1ccc(F)cn1. The Hall–Kier alpha value is -2.17. The summed E-state index contributed by atoms with van der Waals surface area (Å²) in [6, 6.07) is 5.90. The van der Waals surface area contributed by atoms with Gasteiger partial charge in [-0.3, -0.25) is 9.78 Å². The highest BCUT2D eigenvalue weighted by Gasteiger charge is 2.14. The average molecular weight is 251 g/mol. The van der Waals surface area contributed by atoms with Crippen molar-refractivity contribution in [1.29, 1.82) is 0 Å². The molecule has 0 aliphatic rings. The van der Waals surface area contributed by atoms with Crippen molar-refractivity contribution in [1.82, 2.24) is 4.98 Å². The van der Waals surface area contributed by atoms with Gasteiger partial charge in [-0.2, -0.15) is 0 Å². The van der Waals surface area contributed by atoms with Crippen LogP contribution in [0.3, 0.4) is 0 Å². The van der Waals surface area contributed by atoms with Crippen LogP contribution in [-0.2, 0) is 6.42 Å². The Kier molecular flexibility index (Phi) is 3.41. The van der Waals surface area contributed by atoms with Crippen molar-refractivity contribution in [3.63, 3.8) is 0 Å². The first-order chi connectivity index (χ1) is 8.58. The first kappa shape index (κ1) is 12.3. The van der Waals surface area contributed by atoms with Crippen LogP contribution in [0.2, 0.25) is 0 Å². The van der Waals surface area contributed by atoms with E-state index < -0.39 is 23.2 Å². The third-order valence-electron chi connectivity index (χ3n) is 2.40. The summed E-state index contributed by atoms with van der Waals surface area (Å²) in [5, 5.41) is 0. The molecule has 92 valence electrons. The van der Waals surface area contributed by atoms with Crippen LogP contribution < -0.4 is 0 Å². The van der Waals surface area contributed by atoms with Gasteiger partial charge in [0.2, 0.25) is 0 Å². The van der Waals surface area contributed by atoms with E-state index in [2.05, 4.69) is 4.98 Å². The largest absolute Gasteiger partial charge is 0.292 e. The second-order valence-corrected chi connectivity index (χ2v) is 3.67. The smallest absolute Gasteiger partial charge is 0.185 e. The predicted molar refractivity (Wildman–Crippen MR) is 58.6 cm³/mol. The van der Waals surface area contributed by atoms with Crippen LogP contribution in [0.1, 0.15) is 16.1 Å². The molecule has 1 aromatic heterocycles. The van der Waals surface area contributed by atoms with Gasteiger partial charge in [0.1, 0.15) is 11.5 Å². The van der Waals surface area contributed by atoms with Crippen molar-refractivity contribution in [3.05, 3.63) is 65.2 Å². The first-order valence-corrected chi connectivity index (χ1v) is 5.15. The lowest BCUT2D eigenvalue weighted by Crippen LogP contribution is -2.08. The Morgan fingerprint density at radius 2 is 1.89 bits per heavy atom. The second kappa shape index (κ2) is 5.00. The maximum Gasteiger partial charge on any atom is 0.185 e. The number of nitrogens with zero attached hydrogens (tertiary/aromatic N) is 1. The van der Waals surface area contributed by atoms with Gasteiger partial charge in [0.05, 0.1) is 6.20 Å². The van der Waals surface area contributed by atoms with Crippen LogP contribution in [0.5, 0.6) is 0 Å². The highest BCUT2D eigenvalue weighted by molar-refractivity contribution is 5.95. The molecule has 0 amide bonds. The number of benzene rings is 1. The van der Waals surface area contributed by atoms with Crippen molar-refractivity contribution < 1.29 is 18.0 Å². The predicted octanol–water partition coefficient (Wildman–Crippen LogP) is 2.92. The number of halogens is 3. The molecule has 0 saturated carbocycles. The van der Waals surface area contributed by atoms with Gasteiger partial charge in [-0.05, 0) is 23.8 Å². The number of pyridine rings is 1. The third kappa shape index (κ3) is 2.56. The van der Waals surface area contributed by atoms with E-state index in [0.717, 1.165) is 18.3 Å². The van der Waals surface area contributed by atoms with E-state index in [1.807, 2.05) is 0 Å². The highest BCUT2D eigenvalue weighted by Crippen LogP contribution is 2.13. The number of carbonyl (C=O) groups is 1. The molecule has 0 N–H and O–H groups in total. The Morgan fingerprint density at radius 3 is 2.56 bits per heavy atom. The van der Waals surface area contributed by atoms with Gasteiger partial charge in [-0.15, -0.1) is 0 Å². The first-order valence-electron chi connectivity index (χ1n) is 5.15. The maximum atomic E-state index is 13.3. The maximum absolute atomic E-state index is 13.3. The summed E-state index contributed by atoms with van der Waals surface area (Å²) in [5.74, 6) is -3.12. The summed E-state index contributed by atoms with van der Waals surface area (Å²) in [6.45, 7) is 0. The summed E-state index contributed by atoms with van der Waals surface area (Å²) >= 11 is 0. The summed E-state index contributed by atoms with van der Waals surface area (Å²) in [6.07, 6.45) is 0.581. The minimum absolute atomic E-state index is 0.0139. The summed E-state index contributed by atoms with van der Waals surface area (Å²) in [7, 11) is 0. The van der Waals surface area contributed by atoms with Gasteiger partial charge < -0.3 is 0 Å². The number of aromatic nitrogens is 1. The molecular weight excluding hydrogens is 243 g/mol. The molecule has 5 heteroatoms. The fourth-order valence-electron chi connectivity index (χ4n) is 1.49. The van der Waals surface area contributed by atoms with E-state index in [0.29, 0.717) is 0 Å². The zero-order valence-electron chi connectivity index (χ0n) is 9.16. The number of Topliss-reactive ketones (excluding diaryl/α,β-unsaturated/α-hetero) is 1. The molecule has 0 aliphatic carbocycles. The van der Waals surface area contributed by atoms with E-state index in [1.54, 1.807) is 0 Å². The second-order valence-electron chi connectivity index (χ2n) is 3.67. The molecule has 18 heavy (non-hydrogen) atoms. The molecule has 1 aromatic carbocycles. The normalized spacial score (nSPS) is 10.4. The lowest BCUT2D eigenvalue weighted by Gasteiger charge is -2.03. The number of hydrogen-bond donors (Lipinski definition) is 0. The Balaban J connectivity index is 2.21. The van der Waals surface area contributed by atoms with Gasteiger partial charge in [0, 0.05) is 6.42 Å². The van der Waals surface area contributed by atoms with Crippen LogP contribution in [-0.4, -0.2) is 10.8 Å². The molecule has 0 spiro atoms. The summed E-state index contributed by atoms with van der Waals surface area (Å²) in [5.41, 5.74) is -0.0359. The minimum Gasteiger partial charge on any atom is -0.292 e. The zero-order valence-corrected chi connectivity index (χ0v) is 9.16. The minimum atomic E-state index is -1.05. The number of ketones is 1. The van der Waals surface area contributed by atoms with E-state index in [9.17, 15) is 18.0 Å². The standard InChI is InChI=1S/C13H8F3NO/c14-9-4-5-11(17-7-9)12(18)6-8-2-1-3-10(15)13(8)16/h1-5,7H,6H2. The molecule has 2 aromatic rings. The molecule has 0 fully saturated rings. The number of rotatable bonds is 3. The molecular formula is C13H8F3NO. The lowest BCUT2D eigenvalue weighted by atomic mass is 10.1. The molecule has 0 atom stereocenters. The molecule has 0 unspecified atom stereocenters. The van der Waals surface area contributed by atoms with Crippen LogP contribution in [0.15, 0.2) is 36.5 Å². The van der Waals surface area contributed by atoms with Gasteiger partial charge in [-0.25, -0.2) is 13.2 Å². The summed E-state index contributed by atoms with van der Waals surface area (Å²) < 4.78 is 38.9. The Morgan fingerprint density at radius 1 is 1.11 bits per heavy atom. The van der Waals surface area contributed by atoms with Gasteiger partial charge >= 0.3 is 0 Å². The van der Waals surface area contributed by atoms with E-state index in [4.69, 9.17) is 0 Å². The number of hydrogen-bond acceptors (Lipinski definition) is 2. The van der Waals surface area contributed by atoms with E-state index >= 15 is 0 Å². The van der Waals surface area contributed by atoms with Crippen LogP contribution in [0, 0.1) is 17.5 Å². The van der Waals surface area contributed by atoms with Crippen molar-refractivity contribution >= 4 is 5.78 Å². The van der Waals surface area contributed by atoms with Crippen LogP contribution >= 0.6 is 0 Å². The average Bonchev–Trinajstić information content (AvgIpc) is 2.36. The van der Waals surface area contributed by atoms with Crippen LogP contribution in [0.25, 0.3) is 0 Å². The topological polar surface area (TPSA) is 30.0 Å². The molecule has 0 saturated heterocycles. The van der Waals surface area contributed by atoms with Gasteiger partial charge in [0.25, 0.3) is 0 Å². The van der Waals surface area contributed by atoms with E-state index in [-0.39, 0.29) is 17.7 Å². The highest BCUT2D eigenvalue weighted by atomic mass is 19.2. The van der Waals surface area contributed by atoms with Crippen molar-refractivity contribution in [2.45, 2.75) is 6.42 Å². The monoisotopic (exact) mass is 251 g/mol. The van der Waals surface area contributed by atoms with Crippen molar-refractivity contribution in [2.75, 3.05) is 0 Å². The summed E-state index contributed by atoms with van der Waals surface area (Å²) in [4.78, 5) is 15.3. The molecule has 2 nitrogen and oxygen atoms in total. The zero-order chi connectivity index (χ0) is 13.1. The van der Waals surface area contributed by atoms with Crippen molar-refractivity contribution in [2.24, 2.45) is 0 Å². The van der Waals surface area contributed by atoms with E-state index in [1.165, 1.54) is 18.2 Å². The van der Waals surface area contributed by atoms with Crippen LogP contribution in [0.4, 0.5) is 13.2 Å². The fraction of sp³-hybridized carbons (Fsp3) is 0.0769. The third-order valence-corrected chi connectivity index (χ3v) is 2.40. The quantitative estimate of drug-likeness (QED) is 0.785. The molecule has 2 rings (SSSR count). The molecule has 0 bridgehead atoms. The molecule has 1 heterocycles. The van der Waals surface area contributed by atoms with Gasteiger partial charge in [0.15, 0.2) is 17.4 Å². The molecule has 0 radical (unpaired) electrons.